The maximum absolute atomic E-state index is 14.4. The van der Waals surface area contributed by atoms with Crippen molar-refractivity contribution in [2.75, 3.05) is 12.3 Å². The highest BCUT2D eigenvalue weighted by atomic mass is 35.5. The highest BCUT2D eigenvalue weighted by Gasteiger charge is 2.74. The van der Waals surface area contributed by atoms with Crippen LogP contribution in [-0.4, -0.2) is 93.9 Å². The molecule has 5 atom stereocenters. The lowest BCUT2D eigenvalue weighted by Gasteiger charge is -2.41. The molecule has 5 fully saturated rings. The second kappa shape index (κ2) is 13.5. The molecule has 5 amide bonds. The molecule has 0 bridgehead atoms. The summed E-state index contributed by atoms with van der Waals surface area (Å²) in [4.78, 5) is 69.4. The number of rotatable bonds is 12. The number of nitrogens with one attached hydrogen (secondary N) is 4. The topological polar surface area (TPSA) is 171 Å². The largest absolute Gasteiger partial charge is 0.347 e. The van der Waals surface area contributed by atoms with Gasteiger partial charge in [-0.1, -0.05) is 52.9 Å². The van der Waals surface area contributed by atoms with Crippen molar-refractivity contribution in [1.82, 2.24) is 26.2 Å². The molecule has 12 nitrogen and oxygen atoms in total. The molecule has 1 saturated heterocycles. The average Bonchev–Trinajstić information content (AvgIpc) is 3.93. The summed E-state index contributed by atoms with van der Waals surface area (Å²) < 4.78 is 24.3. The van der Waals surface area contributed by atoms with Crippen molar-refractivity contribution in [2.45, 2.75) is 145 Å². The highest BCUT2D eigenvalue weighted by molar-refractivity contribution is 7.92. The Labute approximate surface area is 300 Å². The van der Waals surface area contributed by atoms with Gasteiger partial charge < -0.3 is 26.2 Å². The summed E-state index contributed by atoms with van der Waals surface area (Å²) in [6.07, 6.45) is 7.20. The predicted molar refractivity (Wildman–Crippen MR) is 187 cm³/mol. The molecule has 4 aliphatic carbocycles. The van der Waals surface area contributed by atoms with E-state index in [9.17, 15) is 32.4 Å². The molecule has 0 aromatic rings. The number of nitrogens with zero attached hydrogens (tertiary/aromatic N) is 1. The van der Waals surface area contributed by atoms with Crippen LogP contribution in [0.5, 0.6) is 0 Å². The van der Waals surface area contributed by atoms with Crippen LogP contribution in [0, 0.1) is 23.2 Å². The Morgan fingerprint density at radius 2 is 1.51 bits per heavy atom. The number of piperidine rings is 1. The fourth-order valence-electron chi connectivity index (χ4n) is 7.29. The van der Waals surface area contributed by atoms with Crippen molar-refractivity contribution < 1.29 is 32.4 Å². The van der Waals surface area contributed by atoms with E-state index in [0.717, 1.165) is 44.9 Å². The number of carbonyl (C=O) groups excluding carboxylic acids is 5. The molecule has 1 heterocycles. The average molecular weight is 747 g/mol. The number of carbonyl (C=O) groups is 5. The van der Waals surface area contributed by atoms with E-state index in [1.807, 2.05) is 0 Å². The van der Waals surface area contributed by atoms with Gasteiger partial charge >= 0.3 is 6.03 Å². The van der Waals surface area contributed by atoms with Crippen LogP contribution in [-0.2, 0) is 29.0 Å². The Hall–Kier alpha value is -2.12. The maximum atomic E-state index is 14.4. The van der Waals surface area contributed by atoms with Gasteiger partial charge in [0.1, 0.15) is 16.4 Å². The third kappa shape index (κ3) is 8.51. The van der Waals surface area contributed by atoms with E-state index >= 15 is 0 Å². The molecular weight excluding hydrogens is 693 g/mol. The third-order valence-electron chi connectivity index (χ3n) is 10.9. The summed E-state index contributed by atoms with van der Waals surface area (Å²) in [5.41, 5.74) is -1.80. The fourth-order valence-corrected chi connectivity index (χ4v) is 9.64. The van der Waals surface area contributed by atoms with Crippen molar-refractivity contribution >= 4 is 62.6 Å². The smallest absolute Gasteiger partial charge is 0.315 e. The first-order valence-corrected chi connectivity index (χ1v) is 20.1. The molecule has 276 valence electrons. The van der Waals surface area contributed by atoms with Gasteiger partial charge in [0.25, 0.3) is 5.91 Å². The van der Waals surface area contributed by atoms with Crippen molar-refractivity contribution in [3.63, 3.8) is 0 Å². The van der Waals surface area contributed by atoms with Crippen molar-refractivity contribution in [3.05, 3.63) is 0 Å². The van der Waals surface area contributed by atoms with Gasteiger partial charge in [0.05, 0.1) is 22.1 Å². The van der Waals surface area contributed by atoms with Crippen LogP contribution in [0.25, 0.3) is 0 Å². The summed E-state index contributed by atoms with van der Waals surface area (Å²) in [6, 6.07) is -3.96. The zero-order valence-electron chi connectivity index (χ0n) is 29.5. The number of alkyl halides is 2. The molecular formula is C34H53Cl2N5O7S. The Balaban J connectivity index is 1.33. The van der Waals surface area contributed by atoms with E-state index in [2.05, 4.69) is 21.3 Å². The molecule has 0 spiro atoms. The normalized spacial score (nSPS) is 27.3. The lowest BCUT2D eigenvalue weighted by atomic mass is 9.83. The van der Waals surface area contributed by atoms with Gasteiger partial charge in [0, 0.05) is 24.4 Å². The molecule has 4 saturated carbocycles. The lowest BCUT2D eigenvalue weighted by molar-refractivity contribution is -0.144. The van der Waals surface area contributed by atoms with Crippen molar-refractivity contribution in [2.24, 2.45) is 23.2 Å². The zero-order chi connectivity index (χ0) is 36.3. The van der Waals surface area contributed by atoms with Gasteiger partial charge in [-0.3, -0.25) is 19.2 Å². The Bertz CT molecular complexity index is 1460. The molecule has 1 unspecified atom stereocenters. The van der Waals surface area contributed by atoms with Crippen LogP contribution in [0.15, 0.2) is 0 Å². The van der Waals surface area contributed by atoms with E-state index in [1.54, 1.807) is 41.5 Å². The van der Waals surface area contributed by atoms with Crippen LogP contribution in [0.1, 0.15) is 106 Å². The standard InChI is InChI=1S/C34H53Cl2N5O7S/c1-31(2,3)26(39-30(46)40-33(14-8-7-9-15-33)18-49(47,48)32(4,5)6)29(45)41-17-21-23(34(21,35)36)24(41)27(43)38-22(16-19-10-11-19)25(42)28(44)37-20-12-13-20/h19-24,26H,7-18H2,1-6H3,(H,37,44)(H,38,43)(H2,39,40,46)/t21-,22?,23-,24-,26+/m0/s1. The molecule has 4 N–H and O–H groups in total. The summed E-state index contributed by atoms with van der Waals surface area (Å²) in [5, 5.41) is 11.3. The van der Waals surface area contributed by atoms with Crippen molar-refractivity contribution in [1.29, 1.82) is 0 Å². The van der Waals surface area contributed by atoms with Crippen LogP contribution >= 0.6 is 23.2 Å². The summed E-state index contributed by atoms with van der Waals surface area (Å²) in [6.45, 7) is 10.4. The number of fused-ring (bicyclic) bond motifs is 1. The number of ketones is 1. The number of amides is 5. The van der Waals surface area contributed by atoms with Crippen LogP contribution < -0.4 is 21.3 Å². The molecule has 5 rings (SSSR count). The number of Topliss-reactive ketones (excluding diaryl/α,β-unsaturated/α-hetero) is 1. The third-order valence-corrected chi connectivity index (χ3v) is 14.8. The van der Waals surface area contributed by atoms with Gasteiger partial charge in [-0.2, -0.15) is 0 Å². The number of sulfone groups is 1. The Morgan fingerprint density at radius 3 is 2.04 bits per heavy atom. The van der Waals surface area contributed by atoms with Crippen molar-refractivity contribution in [3.8, 4) is 0 Å². The summed E-state index contributed by atoms with van der Waals surface area (Å²) in [7, 11) is -3.58. The van der Waals surface area contributed by atoms with E-state index in [4.69, 9.17) is 23.2 Å². The first-order valence-electron chi connectivity index (χ1n) is 17.7. The van der Waals surface area contributed by atoms with Gasteiger partial charge in [-0.25, -0.2) is 13.2 Å². The summed E-state index contributed by atoms with van der Waals surface area (Å²) in [5.74, 6) is -3.56. The number of hydrogen-bond acceptors (Lipinski definition) is 7. The SMILES string of the molecule is CC(C)(C)[C@H](NC(=O)NC1(CS(=O)(=O)C(C)(C)C)CCCCC1)C(=O)N1C[C@H]2[C@@H]([C@H]1C(=O)NC(CC1CC1)C(=O)C(=O)NC1CC1)C2(Cl)Cl. The van der Waals surface area contributed by atoms with Gasteiger partial charge in [0.15, 0.2) is 9.84 Å². The minimum atomic E-state index is -3.58. The van der Waals surface area contributed by atoms with E-state index < -0.39 is 89.4 Å². The number of urea groups is 1. The molecule has 49 heavy (non-hydrogen) atoms. The minimum absolute atomic E-state index is 0.0214. The highest BCUT2D eigenvalue weighted by Crippen LogP contribution is 2.65. The number of likely N-dealkylation sites (tertiary alicyclic amines) is 1. The molecule has 0 aromatic heterocycles. The second-order valence-corrected chi connectivity index (χ2v) is 21.4. The van der Waals surface area contributed by atoms with E-state index in [-0.39, 0.29) is 24.3 Å². The fraction of sp³-hybridized carbons (Fsp3) is 0.853. The maximum Gasteiger partial charge on any atom is 0.315 e. The molecule has 0 radical (unpaired) electrons. The van der Waals surface area contributed by atoms with Gasteiger partial charge in [0.2, 0.25) is 17.6 Å². The zero-order valence-corrected chi connectivity index (χ0v) is 31.8. The van der Waals surface area contributed by atoms with Gasteiger partial charge in [-0.15, -0.1) is 23.2 Å². The van der Waals surface area contributed by atoms with Crippen LogP contribution in [0.2, 0.25) is 0 Å². The molecule has 15 heteroatoms. The second-order valence-electron chi connectivity index (χ2n) is 17.2. The van der Waals surface area contributed by atoms with E-state index in [0.29, 0.717) is 19.3 Å². The quantitative estimate of drug-likeness (QED) is 0.175. The first-order chi connectivity index (χ1) is 22.6. The molecule has 5 aliphatic rings. The Morgan fingerprint density at radius 1 is 0.898 bits per heavy atom. The monoisotopic (exact) mass is 745 g/mol. The van der Waals surface area contributed by atoms with Gasteiger partial charge in [-0.05, 0) is 64.2 Å². The van der Waals surface area contributed by atoms with E-state index in [1.165, 1.54) is 4.90 Å². The molecule has 0 aromatic carbocycles. The Kier molecular flexibility index (Phi) is 10.5. The predicted octanol–water partition coefficient (Wildman–Crippen LogP) is 3.38. The first kappa shape index (κ1) is 38.1. The summed E-state index contributed by atoms with van der Waals surface area (Å²) >= 11 is 13.2. The number of halogens is 2. The minimum Gasteiger partial charge on any atom is -0.347 e. The molecule has 1 aliphatic heterocycles. The number of hydrogen-bond donors (Lipinski definition) is 4. The lowest BCUT2D eigenvalue weighted by Crippen LogP contribution is -2.64. The van der Waals surface area contributed by atoms with Crippen LogP contribution in [0.3, 0.4) is 0 Å². The van der Waals surface area contributed by atoms with Crippen LogP contribution in [0.4, 0.5) is 4.79 Å².